The third-order valence-electron chi connectivity index (χ3n) is 3.22. The Bertz CT molecular complexity index is 489. The molecule has 0 aliphatic carbocycles. The van der Waals surface area contributed by atoms with Gasteiger partial charge in [0.15, 0.2) is 0 Å². The summed E-state index contributed by atoms with van der Waals surface area (Å²) in [5.74, 6) is -5.60. The van der Waals surface area contributed by atoms with E-state index in [1.165, 1.54) is 14.1 Å². The van der Waals surface area contributed by atoms with Crippen LogP contribution in [0, 0.1) is 0 Å². The summed E-state index contributed by atoms with van der Waals surface area (Å²) in [5.41, 5.74) is 0. The fraction of sp³-hybridized carbons (Fsp3) is 0.889. The van der Waals surface area contributed by atoms with Gasteiger partial charge in [-0.25, -0.2) is 0 Å². The Morgan fingerprint density at radius 1 is 1.14 bits per heavy atom. The number of halogens is 6. The molecule has 1 saturated heterocycles. The third kappa shape index (κ3) is 1.98. The van der Waals surface area contributed by atoms with E-state index >= 15 is 0 Å². The van der Waals surface area contributed by atoms with Crippen LogP contribution in [0.15, 0.2) is 4.99 Å². The molecule has 0 aromatic rings. The molecule has 2 aliphatic heterocycles. The van der Waals surface area contributed by atoms with Crippen molar-refractivity contribution < 1.29 is 39.9 Å². The Morgan fingerprint density at radius 3 is 1.91 bits per heavy atom. The summed E-state index contributed by atoms with van der Waals surface area (Å²) in [6.07, 6.45) is -11.5. The Balaban J connectivity index is 2.85. The SMILES string of the molecule is COP12(OCCO1)[Se]C(N(C)C)=NC2(C(F)(F)F)C(F)(F)F. The first-order valence-corrected chi connectivity index (χ1v) is 10.9. The standard InChI is InChI=1S/C9H13F6N2O3PSe/c1-17(2)6-16-7(8(10,11)12,9(13,14)15)21(18-3,22-6)19-4-5-20-21/h4-5H2,1-3H3. The Labute approximate surface area is 127 Å². The number of aliphatic imine (C=N–C) groups is 1. The fourth-order valence-corrected chi connectivity index (χ4v) is 13.8. The van der Waals surface area contributed by atoms with Crippen molar-refractivity contribution >= 4 is 25.2 Å². The van der Waals surface area contributed by atoms with E-state index in [1.54, 1.807) is 0 Å². The molecule has 0 bridgehead atoms. The van der Waals surface area contributed by atoms with Crippen LogP contribution in [0.3, 0.4) is 0 Å². The topological polar surface area (TPSA) is 43.3 Å². The summed E-state index contributed by atoms with van der Waals surface area (Å²) in [6.45, 7) is -0.810. The number of alkyl halides is 6. The molecule has 0 aromatic heterocycles. The molecule has 0 radical (unpaired) electrons. The molecule has 130 valence electrons. The summed E-state index contributed by atoms with van der Waals surface area (Å²) in [5, 5.41) is -4.52. The van der Waals surface area contributed by atoms with Crippen molar-refractivity contribution in [1.29, 1.82) is 0 Å². The molecule has 22 heavy (non-hydrogen) atoms. The van der Waals surface area contributed by atoms with Crippen LogP contribution in [0.25, 0.3) is 0 Å². The third-order valence-corrected chi connectivity index (χ3v) is 15.1. The van der Waals surface area contributed by atoms with E-state index in [0.29, 0.717) is 0 Å². The van der Waals surface area contributed by atoms with Crippen LogP contribution in [0.4, 0.5) is 26.3 Å². The van der Waals surface area contributed by atoms with Gasteiger partial charge < -0.3 is 0 Å². The van der Waals surface area contributed by atoms with Crippen molar-refractivity contribution in [2.24, 2.45) is 4.99 Å². The minimum atomic E-state index is -5.77. The quantitative estimate of drug-likeness (QED) is 0.371. The van der Waals surface area contributed by atoms with Crippen molar-refractivity contribution in [3.05, 3.63) is 0 Å². The minimum absolute atomic E-state index is 0.372. The van der Waals surface area contributed by atoms with Gasteiger partial charge in [-0.1, -0.05) is 0 Å². The van der Waals surface area contributed by atoms with E-state index < -0.39 is 51.3 Å². The van der Waals surface area contributed by atoms with Gasteiger partial charge in [0, 0.05) is 0 Å². The molecule has 0 saturated carbocycles. The zero-order valence-electron chi connectivity index (χ0n) is 11.7. The molecule has 0 unspecified atom stereocenters. The van der Waals surface area contributed by atoms with Gasteiger partial charge >= 0.3 is 127 Å². The summed E-state index contributed by atoms with van der Waals surface area (Å²) in [4.78, 5) is 4.14. The van der Waals surface area contributed by atoms with Crippen molar-refractivity contribution in [2.75, 3.05) is 34.4 Å². The number of hydrogen-bond acceptors (Lipinski definition) is 5. The molecule has 13 heteroatoms. The van der Waals surface area contributed by atoms with Gasteiger partial charge in [-0.3, -0.25) is 0 Å². The Kier molecular flexibility index (Phi) is 4.09. The predicted molar refractivity (Wildman–Crippen MR) is 67.6 cm³/mol. The Morgan fingerprint density at radius 2 is 1.59 bits per heavy atom. The van der Waals surface area contributed by atoms with Crippen LogP contribution < -0.4 is 0 Å². The zero-order valence-corrected chi connectivity index (χ0v) is 14.3. The van der Waals surface area contributed by atoms with E-state index in [-0.39, 0.29) is 4.73 Å². The van der Waals surface area contributed by atoms with Crippen LogP contribution in [0.1, 0.15) is 0 Å². The molecule has 1 fully saturated rings. The van der Waals surface area contributed by atoms with Gasteiger partial charge in [-0.15, -0.1) is 0 Å². The van der Waals surface area contributed by atoms with Crippen molar-refractivity contribution in [1.82, 2.24) is 4.90 Å². The van der Waals surface area contributed by atoms with Gasteiger partial charge in [0.25, 0.3) is 0 Å². The summed E-state index contributed by atoms with van der Waals surface area (Å²) < 4.78 is 96.3. The van der Waals surface area contributed by atoms with E-state index in [4.69, 9.17) is 13.6 Å². The van der Waals surface area contributed by atoms with Crippen LogP contribution in [0.5, 0.6) is 0 Å². The number of rotatable bonds is 1. The van der Waals surface area contributed by atoms with Gasteiger partial charge in [0.1, 0.15) is 0 Å². The van der Waals surface area contributed by atoms with Gasteiger partial charge in [0.2, 0.25) is 0 Å². The maximum absolute atomic E-state index is 13.6. The first-order valence-electron chi connectivity index (χ1n) is 5.84. The average molecular weight is 421 g/mol. The average Bonchev–Trinajstić information content (AvgIpc) is 2.91. The molecule has 0 atom stereocenters. The molecule has 0 N–H and O–H groups in total. The maximum atomic E-state index is 13.6. The van der Waals surface area contributed by atoms with Crippen LogP contribution in [0.2, 0.25) is 0 Å². The molecular formula is C9H13F6N2O3PSe. The first kappa shape index (κ1) is 18.2. The van der Waals surface area contributed by atoms with Crippen LogP contribution in [-0.2, 0) is 13.6 Å². The molecular weight excluding hydrogens is 408 g/mol. The molecule has 1 spiro atoms. The second kappa shape index (κ2) is 4.94. The van der Waals surface area contributed by atoms with E-state index in [1.807, 2.05) is 0 Å². The van der Waals surface area contributed by atoms with Gasteiger partial charge in [-0.05, 0) is 0 Å². The van der Waals surface area contributed by atoms with Crippen molar-refractivity contribution in [3.63, 3.8) is 0 Å². The van der Waals surface area contributed by atoms with Crippen molar-refractivity contribution in [2.45, 2.75) is 17.6 Å². The first-order chi connectivity index (χ1) is 9.85. The zero-order chi connectivity index (χ0) is 17.1. The molecule has 0 aromatic carbocycles. The molecule has 2 rings (SSSR count). The second-order valence-electron chi connectivity index (χ2n) is 4.71. The monoisotopic (exact) mass is 422 g/mol. The molecule has 2 aliphatic rings. The van der Waals surface area contributed by atoms with Crippen LogP contribution >= 0.6 is 5.97 Å². The summed E-state index contributed by atoms with van der Waals surface area (Å²) in [6, 6.07) is 0. The number of nitrogens with zero attached hydrogens (tertiary/aromatic N) is 2. The molecule has 2 heterocycles. The number of amidine groups is 1. The summed E-state index contributed by atoms with van der Waals surface area (Å²) >= 11 is -1.52. The van der Waals surface area contributed by atoms with Gasteiger partial charge in [-0.2, -0.15) is 0 Å². The summed E-state index contributed by atoms with van der Waals surface area (Å²) in [7, 11) is 3.37. The van der Waals surface area contributed by atoms with Crippen LogP contribution in [-0.4, -0.2) is 76.2 Å². The van der Waals surface area contributed by atoms with Gasteiger partial charge in [0.05, 0.1) is 0 Å². The normalized spacial score (nSPS) is 28.2. The van der Waals surface area contributed by atoms with E-state index in [2.05, 4.69) is 4.99 Å². The van der Waals surface area contributed by atoms with E-state index in [0.717, 1.165) is 12.0 Å². The Hall–Kier alpha value is -0.121. The molecule has 5 nitrogen and oxygen atoms in total. The predicted octanol–water partition coefficient (Wildman–Crippen LogP) is 2.35. The van der Waals surface area contributed by atoms with E-state index in [9.17, 15) is 26.3 Å². The fourth-order valence-electron chi connectivity index (χ4n) is 2.27. The van der Waals surface area contributed by atoms with Crippen molar-refractivity contribution in [3.8, 4) is 0 Å². The second-order valence-corrected chi connectivity index (χ2v) is 13.9. The number of hydrogen-bond donors (Lipinski definition) is 0. The molecule has 0 amide bonds.